The van der Waals surface area contributed by atoms with Gasteiger partial charge in [0.25, 0.3) is 0 Å². The van der Waals surface area contributed by atoms with Crippen molar-refractivity contribution < 1.29 is 48.9 Å². The van der Waals surface area contributed by atoms with E-state index in [2.05, 4.69) is 10.6 Å². The summed E-state index contributed by atoms with van der Waals surface area (Å²) < 4.78 is 0. The quantitative estimate of drug-likeness (QED) is 0.110. The minimum atomic E-state index is -1.83. The topological polar surface area (TPSA) is 268 Å². The fraction of sp³-hybridized carbons (Fsp3) is 0.409. The molecule has 0 saturated carbocycles. The van der Waals surface area contributed by atoms with E-state index in [0.29, 0.717) is 0 Å². The van der Waals surface area contributed by atoms with Crippen LogP contribution in [0.25, 0.3) is 0 Å². The van der Waals surface area contributed by atoms with Gasteiger partial charge in [-0.2, -0.15) is 0 Å². The first-order chi connectivity index (χ1) is 17.3. The fourth-order valence-corrected chi connectivity index (χ4v) is 3.11. The lowest BCUT2D eigenvalue weighted by molar-refractivity contribution is -0.144. The number of aliphatic carboxylic acids is 3. The molecule has 4 amide bonds. The minimum Gasteiger partial charge on any atom is -0.481 e. The summed E-state index contributed by atoms with van der Waals surface area (Å²) in [6, 6.07) is 2.40. The van der Waals surface area contributed by atoms with Gasteiger partial charge < -0.3 is 42.7 Å². The van der Waals surface area contributed by atoms with Crippen LogP contribution < -0.4 is 27.4 Å². The van der Waals surface area contributed by atoms with Crippen LogP contribution in [0, 0.1) is 0 Å². The third kappa shape index (κ3) is 11.6. The zero-order valence-corrected chi connectivity index (χ0v) is 19.6. The Morgan fingerprint density at radius 1 is 0.730 bits per heavy atom. The predicted octanol–water partition coefficient (Wildman–Crippen LogP) is -2.69. The Kier molecular flexibility index (Phi) is 12.2. The standard InChI is InChI=1S/C22H29N5O10/c23-12(8-11-4-2-1-3-5-11)19(33)25-13(6-7-17(29)30)20(34)26-14(10-18(31)32)21(35)27-15(22(36)37)9-16(24)28/h1-5,12-15H,6-10,23H2,(H2,24,28)(H,25,33)(H,26,34)(H,27,35)(H,29,30)(H,31,32)(H,36,37). The average molecular weight is 523 g/mol. The van der Waals surface area contributed by atoms with Crippen LogP contribution in [0.5, 0.6) is 0 Å². The molecule has 15 heteroatoms. The number of carboxylic acids is 3. The van der Waals surface area contributed by atoms with Crippen LogP contribution in [-0.4, -0.2) is 81.0 Å². The molecule has 10 N–H and O–H groups in total. The molecule has 37 heavy (non-hydrogen) atoms. The molecule has 0 aliphatic carbocycles. The summed E-state index contributed by atoms with van der Waals surface area (Å²) in [6.07, 6.45) is -2.69. The summed E-state index contributed by atoms with van der Waals surface area (Å²) in [5, 5.41) is 33.5. The second-order valence-electron chi connectivity index (χ2n) is 8.02. The molecule has 202 valence electrons. The molecule has 15 nitrogen and oxygen atoms in total. The number of carbonyl (C=O) groups excluding carboxylic acids is 4. The van der Waals surface area contributed by atoms with E-state index in [1.165, 1.54) is 0 Å². The van der Waals surface area contributed by atoms with Crippen molar-refractivity contribution in [3.63, 3.8) is 0 Å². The number of nitrogens with one attached hydrogen (secondary N) is 3. The SMILES string of the molecule is NC(=O)CC(NC(=O)C(CC(=O)O)NC(=O)C(CCC(=O)O)NC(=O)C(N)Cc1ccccc1)C(=O)O. The van der Waals surface area contributed by atoms with Gasteiger partial charge in [0.05, 0.1) is 18.9 Å². The molecule has 0 fully saturated rings. The molecule has 1 aromatic carbocycles. The van der Waals surface area contributed by atoms with Crippen molar-refractivity contribution in [2.45, 2.75) is 56.3 Å². The number of hydrogen-bond donors (Lipinski definition) is 8. The lowest BCUT2D eigenvalue weighted by Gasteiger charge is -2.24. The zero-order valence-electron chi connectivity index (χ0n) is 19.6. The molecular formula is C22H29N5O10. The normalized spacial score (nSPS) is 13.8. The van der Waals surface area contributed by atoms with Crippen LogP contribution in [0.15, 0.2) is 30.3 Å². The Morgan fingerprint density at radius 3 is 1.78 bits per heavy atom. The Hall–Kier alpha value is -4.53. The summed E-state index contributed by atoms with van der Waals surface area (Å²) in [7, 11) is 0. The van der Waals surface area contributed by atoms with E-state index >= 15 is 0 Å². The van der Waals surface area contributed by atoms with Crippen LogP contribution in [0.1, 0.15) is 31.2 Å². The lowest BCUT2D eigenvalue weighted by atomic mass is 10.0. The van der Waals surface area contributed by atoms with Gasteiger partial charge in [-0.15, -0.1) is 0 Å². The summed E-state index contributed by atoms with van der Waals surface area (Å²) in [4.78, 5) is 82.5. The molecule has 0 saturated heterocycles. The highest BCUT2D eigenvalue weighted by Crippen LogP contribution is 2.06. The summed E-state index contributed by atoms with van der Waals surface area (Å²) in [6.45, 7) is 0. The van der Waals surface area contributed by atoms with Crippen molar-refractivity contribution in [1.29, 1.82) is 0 Å². The molecule has 0 aliphatic heterocycles. The number of nitrogens with two attached hydrogens (primary N) is 2. The lowest BCUT2D eigenvalue weighted by Crippen LogP contribution is -2.58. The van der Waals surface area contributed by atoms with Crippen molar-refractivity contribution >= 4 is 41.5 Å². The predicted molar refractivity (Wildman–Crippen MR) is 124 cm³/mol. The molecule has 0 radical (unpaired) electrons. The number of rotatable bonds is 16. The van der Waals surface area contributed by atoms with Gasteiger partial charge in [-0.05, 0) is 18.4 Å². The highest BCUT2D eigenvalue weighted by atomic mass is 16.4. The van der Waals surface area contributed by atoms with Crippen LogP contribution in [-0.2, 0) is 40.0 Å². The number of carbonyl (C=O) groups is 7. The molecule has 0 aliphatic rings. The molecule has 1 rings (SSSR count). The number of amides is 4. The largest absolute Gasteiger partial charge is 0.481 e. The maximum absolute atomic E-state index is 12.8. The third-order valence-electron chi connectivity index (χ3n) is 4.95. The maximum atomic E-state index is 12.8. The van der Waals surface area contributed by atoms with Crippen molar-refractivity contribution in [3.8, 4) is 0 Å². The first-order valence-electron chi connectivity index (χ1n) is 11.0. The first-order valence-corrected chi connectivity index (χ1v) is 11.0. The first kappa shape index (κ1) is 30.5. The third-order valence-corrected chi connectivity index (χ3v) is 4.95. The van der Waals surface area contributed by atoms with E-state index in [-0.39, 0.29) is 6.42 Å². The minimum absolute atomic E-state index is 0.0976. The zero-order chi connectivity index (χ0) is 28.1. The van der Waals surface area contributed by atoms with Gasteiger partial charge in [-0.3, -0.25) is 28.8 Å². The van der Waals surface area contributed by atoms with Crippen LogP contribution in [0.3, 0.4) is 0 Å². The van der Waals surface area contributed by atoms with Gasteiger partial charge in [0.15, 0.2) is 0 Å². The summed E-state index contributed by atoms with van der Waals surface area (Å²) in [5.41, 5.74) is 11.6. The Morgan fingerprint density at radius 2 is 1.27 bits per heavy atom. The number of primary amides is 1. The van der Waals surface area contributed by atoms with E-state index in [1.54, 1.807) is 30.3 Å². The molecule has 0 heterocycles. The van der Waals surface area contributed by atoms with E-state index in [0.717, 1.165) is 5.56 Å². The number of hydrogen-bond acceptors (Lipinski definition) is 8. The number of benzene rings is 1. The van der Waals surface area contributed by atoms with Crippen molar-refractivity contribution in [3.05, 3.63) is 35.9 Å². The van der Waals surface area contributed by atoms with Gasteiger partial charge >= 0.3 is 17.9 Å². The second-order valence-corrected chi connectivity index (χ2v) is 8.02. The van der Waals surface area contributed by atoms with E-state index in [9.17, 15) is 33.6 Å². The van der Waals surface area contributed by atoms with E-state index in [1.807, 2.05) is 5.32 Å². The highest BCUT2D eigenvalue weighted by Gasteiger charge is 2.32. The second kappa shape index (κ2) is 14.8. The number of carboxylic acid groups (broad SMARTS) is 3. The molecule has 0 aromatic heterocycles. The smallest absolute Gasteiger partial charge is 0.326 e. The van der Waals surface area contributed by atoms with Crippen molar-refractivity contribution in [2.24, 2.45) is 11.5 Å². The van der Waals surface area contributed by atoms with Gasteiger partial charge in [0, 0.05) is 6.42 Å². The monoisotopic (exact) mass is 523 g/mol. The maximum Gasteiger partial charge on any atom is 0.326 e. The van der Waals surface area contributed by atoms with Gasteiger partial charge in [0.2, 0.25) is 23.6 Å². The summed E-state index contributed by atoms with van der Waals surface area (Å²) in [5.74, 6) is -8.70. The molecule has 1 aromatic rings. The highest BCUT2D eigenvalue weighted by molar-refractivity contribution is 5.96. The van der Waals surface area contributed by atoms with E-state index in [4.69, 9.17) is 26.8 Å². The van der Waals surface area contributed by atoms with Crippen LogP contribution in [0.2, 0.25) is 0 Å². The van der Waals surface area contributed by atoms with E-state index < -0.39 is 91.4 Å². The summed E-state index contributed by atoms with van der Waals surface area (Å²) >= 11 is 0. The van der Waals surface area contributed by atoms with Crippen molar-refractivity contribution in [2.75, 3.05) is 0 Å². The fourth-order valence-electron chi connectivity index (χ4n) is 3.11. The Labute approximate surface area is 210 Å². The average Bonchev–Trinajstić information content (AvgIpc) is 2.80. The Bertz CT molecular complexity index is 1020. The van der Waals surface area contributed by atoms with Crippen molar-refractivity contribution in [1.82, 2.24) is 16.0 Å². The molecule has 0 spiro atoms. The van der Waals surface area contributed by atoms with Gasteiger partial charge in [0.1, 0.15) is 18.1 Å². The molecule has 4 unspecified atom stereocenters. The van der Waals surface area contributed by atoms with Gasteiger partial charge in [-0.25, -0.2) is 4.79 Å². The molecule has 4 atom stereocenters. The van der Waals surface area contributed by atoms with Gasteiger partial charge in [-0.1, -0.05) is 30.3 Å². The molecular weight excluding hydrogens is 494 g/mol. The molecule has 0 bridgehead atoms. The van der Waals surface area contributed by atoms with Crippen LogP contribution >= 0.6 is 0 Å². The Balaban J connectivity index is 3.01. The van der Waals surface area contributed by atoms with Crippen LogP contribution in [0.4, 0.5) is 0 Å².